The summed E-state index contributed by atoms with van der Waals surface area (Å²) in [6.07, 6.45) is 1.09. The number of morpholine rings is 1. The Morgan fingerprint density at radius 3 is 2.70 bits per heavy atom. The molecule has 0 saturated carbocycles. The quantitative estimate of drug-likeness (QED) is 0.866. The molecule has 2 unspecified atom stereocenters. The fraction of sp³-hybridized carbons (Fsp3) is 0.625. The minimum absolute atomic E-state index is 0.263. The smallest absolute Gasteiger partial charge is 0.119 e. The van der Waals surface area contributed by atoms with Crippen LogP contribution < -0.4 is 10.5 Å². The molecule has 4 heteroatoms. The molecule has 2 rings (SSSR count). The summed E-state index contributed by atoms with van der Waals surface area (Å²) in [6.45, 7) is 8.08. The fourth-order valence-electron chi connectivity index (χ4n) is 2.85. The lowest BCUT2D eigenvalue weighted by atomic mass is 10.0. The molecule has 1 saturated heterocycles. The third-order valence-electron chi connectivity index (χ3n) is 3.94. The van der Waals surface area contributed by atoms with Crippen LogP contribution in [0, 0.1) is 0 Å². The molecule has 2 atom stereocenters. The van der Waals surface area contributed by atoms with Crippen LogP contribution >= 0.6 is 0 Å². The van der Waals surface area contributed by atoms with E-state index in [1.165, 1.54) is 5.56 Å². The highest BCUT2D eigenvalue weighted by molar-refractivity contribution is 5.29. The Balaban J connectivity index is 2.13. The van der Waals surface area contributed by atoms with E-state index in [1.807, 2.05) is 19.1 Å². The van der Waals surface area contributed by atoms with Gasteiger partial charge in [-0.05, 0) is 31.0 Å². The fourth-order valence-corrected chi connectivity index (χ4v) is 2.85. The van der Waals surface area contributed by atoms with Crippen molar-refractivity contribution in [3.8, 4) is 5.75 Å². The molecule has 2 N–H and O–H groups in total. The summed E-state index contributed by atoms with van der Waals surface area (Å²) in [7, 11) is 0. The van der Waals surface area contributed by atoms with Crippen molar-refractivity contribution in [1.82, 2.24) is 4.90 Å². The molecular formula is C16H26N2O2. The first-order valence-electron chi connectivity index (χ1n) is 7.56. The Labute approximate surface area is 121 Å². The van der Waals surface area contributed by atoms with E-state index < -0.39 is 0 Å². The van der Waals surface area contributed by atoms with Crippen molar-refractivity contribution in [2.75, 3.05) is 32.9 Å². The number of ether oxygens (including phenoxy) is 2. The summed E-state index contributed by atoms with van der Waals surface area (Å²) in [5.41, 5.74) is 7.30. The van der Waals surface area contributed by atoms with Gasteiger partial charge in [0.05, 0.1) is 19.8 Å². The maximum Gasteiger partial charge on any atom is 0.119 e. The number of rotatable bonds is 6. The molecule has 1 aromatic carbocycles. The van der Waals surface area contributed by atoms with Crippen molar-refractivity contribution in [3.63, 3.8) is 0 Å². The summed E-state index contributed by atoms with van der Waals surface area (Å²) >= 11 is 0. The van der Waals surface area contributed by atoms with Crippen LogP contribution in [0.15, 0.2) is 24.3 Å². The van der Waals surface area contributed by atoms with Crippen molar-refractivity contribution in [1.29, 1.82) is 0 Å². The van der Waals surface area contributed by atoms with Crippen molar-refractivity contribution in [3.05, 3.63) is 29.8 Å². The number of benzene rings is 1. The largest absolute Gasteiger partial charge is 0.494 e. The van der Waals surface area contributed by atoms with Gasteiger partial charge in [-0.3, -0.25) is 4.90 Å². The molecule has 0 aromatic heterocycles. The van der Waals surface area contributed by atoms with E-state index >= 15 is 0 Å². The lowest BCUT2D eigenvalue weighted by Crippen LogP contribution is -2.48. The van der Waals surface area contributed by atoms with Crippen LogP contribution in [0.4, 0.5) is 0 Å². The highest BCUT2D eigenvalue weighted by Crippen LogP contribution is 2.26. The molecule has 112 valence electrons. The molecule has 1 heterocycles. The van der Waals surface area contributed by atoms with Crippen LogP contribution in [0.5, 0.6) is 5.75 Å². The second kappa shape index (κ2) is 7.62. The second-order valence-corrected chi connectivity index (χ2v) is 5.13. The number of nitrogens with two attached hydrogens (primary N) is 1. The van der Waals surface area contributed by atoms with Gasteiger partial charge in [-0.15, -0.1) is 0 Å². The molecule has 1 aromatic rings. The zero-order valence-electron chi connectivity index (χ0n) is 12.5. The van der Waals surface area contributed by atoms with E-state index in [1.54, 1.807) is 0 Å². The topological polar surface area (TPSA) is 47.7 Å². The predicted octanol–water partition coefficient (Wildman–Crippen LogP) is 2.20. The highest BCUT2D eigenvalue weighted by Gasteiger charge is 2.28. The highest BCUT2D eigenvalue weighted by atomic mass is 16.5. The predicted molar refractivity (Wildman–Crippen MR) is 81.0 cm³/mol. The molecule has 1 fully saturated rings. The number of hydrogen-bond donors (Lipinski definition) is 1. The van der Waals surface area contributed by atoms with Crippen LogP contribution in [-0.4, -0.2) is 43.9 Å². The average molecular weight is 278 g/mol. The van der Waals surface area contributed by atoms with E-state index in [4.69, 9.17) is 15.2 Å². The minimum atomic E-state index is 0.263. The monoisotopic (exact) mass is 278 g/mol. The van der Waals surface area contributed by atoms with E-state index in [2.05, 4.69) is 24.0 Å². The Morgan fingerprint density at radius 1 is 1.35 bits per heavy atom. The normalized spacial score (nSPS) is 21.6. The molecule has 20 heavy (non-hydrogen) atoms. The van der Waals surface area contributed by atoms with Gasteiger partial charge in [-0.25, -0.2) is 0 Å². The summed E-state index contributed by atoms with van der Waals surface area (Å²) in [4.78, 5) is 2.49. The number of nitrogens with zero attached hydrogens (tertiary/aromatic N) is 1. The van der Waals surface area contributed by atoms with Crippen molar-refractivity contribution in [2.45, 2.75) is 32.4 Å². The molecule has 0 bridgehead atoms. The van der Waals surface area contributed by atoms with E-state index in [0.717, 1.165) is 31.9 Å². The first kappa shape index (κ1) is 15.3. The van der Waals surface area contributed by atoms with E-state index in [0.29, 0.717) is 19.2 Å². The van der Waals surface area contributed by atoms with Crippen molar-refractivity contribution in [2.24, 2.45) is 5.73 Å². The Hall–Kier alpha value is -1.10. The van der Waals surface area contributed by atoms with Crippen LogP contribution in [0.1, 0.15) is 31.9 Å². The molecule has 1 aliphatic heterocycles. The van der Waals surface area contributed by atoms with Gasteiger partial charge >= 0.3 is 0 Å². The molecular weight excluding hydrogens is 252 g/mol. The van der Waals surface area contributed by atoms with Gasteiger partial charge in [-0.2, -0.15) is 0 Å². The Morgan fingerprint density at radius 2 is 2.10 bits per heavy atom. The van der Waals surface area contributed by atoms with Crippen LogP contribution in [-0.2, 0) is 4.74 Å². The maximum atomic E-state index is 6.04. The Kier molecular flexibility index (Phi) is 5.83. The SMILES string of the molecule is CCOc1ccc(C(CN)N2CCOCC2CC)cc1. The minimum Gasteiger partial charge on any atom is -0.494 e. The summed E-state index contributed by atoms with van der Waals surface area (Å²) in [5, 5.41) is 0. The van der Waals surface area contributed by atoms with E-state index in [9.17, 15) is 0 Å². The van der Waals surface area contributed by atoms with Gasteiger partial charge in [0.15, 0.2) is 0 Å². The summed E-state index contributed by atoms with van der Waals surface area (Å²) in [5.74, 6) is 0.918. The molecule has 1 aliphatic rings. The number of hydrogen-bond acceptors (Lipinski definition) is 4. The van der Waals surface area contributed by atoms with Gasteiger partial charge in [0.1, 0.15) is 5.75 Å². The second-order valence-electron chi connectivity index (χ2n) is 5.13. The molecule has 0 radical (unpaired) electrons. The zero-order chi connectivity index (χ0) is 14.4. The first-order chi connectivity index (χ1) is 9.80. The van der Waals surface area contributed by atoms with Gasteiger partial charge in [0, 0.05) is 25.2 Å². The van der Waals surface area contributed by atoms with Crippen molar-refractivity contribution < 1.29 is 9.47 Å². The summed E-state index contributed by atoms with van der Waals surface area (Å²) < 4.78 is 11.1. The van der Waals surface area contributed by atoms with Gasteiger partial charge < -0.3 is 15.2 Å². The van der Waals surface area contributed by atoms with Crippen LogP contribution in [0.2, 0.25) is 0 Å². The molecule has 0 spiro atoms. The van der Waals surface area contributed by atoms with Crippen LogP contribution in [0.3, 0.4) is 0 Å². The first-order valence-corrected chi connectivity index (χ1v) is 7.56. The third-order valence-corrected chi connectivity index (χ3v) is 3.94. The van der Waals surface area contributed by atoms with Crippen molar-refractivity contribution >= 4 is 0 Å². The van der Waals surface area contributed by atoms with Gasteiger partial charge in [-0.1, -0.05) is 19.1 Å². The molecule has 0 amide bonds. The van der Waals surface area contributed by atoms with Gasteiger partial charge in [0.25, 0.3) is 0 Å². The maximum absolute atomic E-state index is 6.04. The van der Waals surface area contributed by atoms with Gasteiger partial charge in [0.2, 0.25) is 0 Å². The van der Waals surface area contributed by atoms with Crippen LogP contribution in [0.25, 0.3) is 0 Å². The lowest BCUT2D eigenvalue weighted by Gasteiger charge is -2.40. The zero-order valence-corrected chi connectivity index (χ0v) is 12.5. The lowest BCUT2D eigenvalue weighted by molar-refractivity contribution is -0.0291. The molecule has 0 aliphatic carbocycles. The standard InChI is InChI=1S/C16H26N2O2/c1-3-14-12-19-10-9-18(14)16(11-17)13-5-7-15(8-6-13)20-4-2/h5-8,14,16H,3-4,9-12,17H2,1-2H3. The molecule has 4 nitrogen and oxygen atoms in total. The third kappa shape index (κ3) is 3.51. The Bertz CT molecular complexity index is 394. The van der Waals surface area contributed by atoms with E-state index in [-0.39, 0.29) is 6.04 Å². The average Bonchev–Trinajstić information content (AvgIpc) is 2.50. The summed E-state index contributed by atoms with van der Waals surface area (Å²) in [6, 6.07) is 9.05.